The molecule has 0 fully saturated rings. The van der Waals surface area contributed by atoms with Gasteiger partial charge < -0.3 is 10.1 Å². The van der Waals surface area contributed by atoms with Crippen molar-refractivity contribution in [3.8, 4) is 5.75 Å². The number of nitrogens with one attached hydrogen (secondary N) is 1. The average molecular weight is 269 g/mol. The van der Waals surface area contributed by atoms with Gasteiger partial charge in [-0.3, -0.25) is 4.79 Å². The maximum Gasteiger partial charge on any atom is 0.412 e. The summed E-state index contributed by atoms with van der Waals surface area (Å²) < 4.78 is 5.12. The van der Waals surface area contributed by atoms with Crippen molar-refractivity contribution < 1.29 is 14.3 Å². The molecular weight excluding hydrogens is 254 g/mol. The lowest BCUT2D eigenvalue weighted by Crippen LogP contribution is -2.23. The van der Waals surface area contributed by atoms with Crippen LogP contribution in [0.3, 0.4) is 0 Å². The van der Waals surface area contributed by atoms with Crippen LogP contribution in [0.2, 0.25) is 0 Å². The Bertz CT molecular complexity index is 635. The van der Waals surface area contributed by atoms with Crippen LogP contribution in [-0.4, -0.2) is 18.9 Å². The Morgan fingerprint density at radius 1 is 1.05 bits per heavy atom. The summed E-state index contributed by atoms with van der Waals surface area (Å²) in [5, 5.41) is 2.36. The van der Waals surface area contributed by atoms with Gasteiger partial charge in [0.1, 0.15) is 5.75 Å². The van der Waals surface area contributed by atoms with Crippen LogP contribution in [0.5, 0.6) is 5.75 Å². The van der Waals surface area contributed by atoms with Crippen LogP contribution in [0.15, 0.2) is 48.5 Å². The molecule has 4 heteroatoms. The zero-order valence-electron chi connectivity index (χ0n) is 11.3. The summed E-state index contributed by atoms with van der Waals surface area (Å²) in [4.78, 5) is 23.8. The van der Waals surface area contributed by atoms with Gasteiger partial charge in [-0.25, -0.2) is 4.79 Å². The summed E-state index contributed by atoms with van der Waals surface area (Å²) in [6.45, 7) is 1.88. The summed E-state index contributed by atoms with van der Waals surface area (Å²) in [7, 11) is 1.47. The normalized spacial score (nSPS) is 9.90. The molecule has 0 aliphatic carbocycles. The number of ether oxygens (including phenoxy) is 1. The van der Waals surface area contributed by atoms with Gasteiger partial charge in [-0.15, -0.1) is 0 Å². The number of amides is 1. The summed E-state index contributed by atoms with van der Waals surface area (Å²) in [6, 6.07) is 14.0. The van der Waals surface area contributed by atoms with E-state index in [2.05, 4.69) is 5.32 Å². The van der Waals surface area contributed by atoms with Gasteiger partial charge in [0.2, 0.25) is 0 Å². The first-order valence-electron chi connectivity index (χ1n) is 6.22. The Morgan fingerprint density at radius 2 is 1.75 bits per heavy atom. The van der Waals surface area contributed by atoms with Gasteiger partial charge >= 0.3 is 6.09 Å². The van der Waals surface area contributed by atoms with Crippen LogP contribution in [0.25, 0.3) is 0 Å². The highest BCUT2D eigenvalue weighted by Crippen LogP contribution is 2.23. The molecule has 102 valence electrons. The zero-order valence-corrected chi connectivity index (χ0v) is 11.3. The molecule has 0 aliphatic rings. The third-order valence-corrected chi connectivity index (χ3v) is 2.82. The molecule has 1 N–H and O–H groups in total. The number of ketones is 1. The summed E-state index contributed by atoms with van der Waals surface area (Å²) >= 11 is 0. The Kier molecular flexibility index (Phi) is 4.15. The molecule has 0 saturated heterocycles. The van der Waals surface area contributed by atoms with Crippen LogP contribution in [0.1, 0.15) is 21.5 Å². The van der Waals surface area contributed by atoms with Crippen LogP contribution in [0.4, 0.5) is 4.79 Å². The quantitative estimate of drug-likeness (QED) is 0.872. The Balaban J connectivity index is 2.41. The van der Waals surface area contributed by atoms with Crippen molar-refractivity contribution in [3.05, 3.63) is 65.2 Å². The molecular formula is C16H15NO3. The second kappa shape index (κ2) is 6.02. The standard InChI is InChI=1S/C16H15NO3/c1-11-8-9-14(20-16(19)17-2)13(10-11)15(18)12-6-4-3-5-7-12/h3-10H,1-2H3,(H,17,19). The number of carbonyl (C=O) groups excluding carboxylic acids is 2. The van der Waals surface area contributed by atoms with Gasteiger partial charge in [-0.05, 0) is 19.1 Å². The largest absolute Gasteiger partial charge is 0.412 e. The maximum absolute atomic E-state index is 12.5. The molecule has 0 unspecified atom stereocenters. The minimum absolute atomic E-state index is 0.173. The molecule has 0 saturated carbocycles. The molecule has 4 nitrogen and oxygen atoms in total. The predicted octanol–water partition coefficient (Wildman–Crippen LogP) is 2.94. The van der Waals surface area contributed by atoms with Crippen molar-refractivity contribution in [2.45, 2.75) is 6.92 Å². The van der Waals surface area contributed by atoms with E-state index in [1.54, 1.807) is 42.5 Å². The molecule has 0 aromatic heterocycles. The van der Waals surface area contributed by atoms with Crippen LogP contribution < -0.4 is 10.1 Å². The minimum Gasteiger partial charge on any atom is -0.410 e. The maximum atomic E-state index is 12.5. The number of aryl methyl sites for hydroxylation is 1. The Morgan fingerprint density at radius 3 is 2.40 bits per heavy atom. The highest BCUT2D eigenvalue weighted by Gasteiger charge is 2.16. The first-order valence-corrected chi connectivity index (χ1v) is 6.22. The monoisotopic (exact) mass is 269 g/mol. The molecule has 0 atom stereocenters. The number of benzene rings is 2. The molecule has 0 heterocycles. The van der Waals surface area contributed by atoms with Gasteiger partial charge in [0, 0.05) is 12.6 Å². The van der Waals surface area contributed by atoms with Crippen molar-refractivity contribution in [3.63, 3.8) is 0 Å². The van der Waals surface area contributed by atoms with Crippen molar-refractivity contribution >= 4 is 11.9 Å². The van der Waals surface area contributed by atoms with Gasteiger partial charge in [-0.1, -0.05) is 42.0 Å². The minimum atomic E-state index is -0.601. The van der Waals surface area contributed by atoms with E-state index in [4.69, 9.17) is 4.74 Å². The fraction of sp³-hybridized carbons (Fsp3) is 0.125. The molecule has 20 heavy (non-hydrogen) atoms. The van der Waals surface area contributed by atoms with Crippen molar-refractivity contribution in [2.75, 3.05) is 7.05 Å². The fourth-order valence-electron chi connectivity index (χ4n) is 1.81. The van der Waals surface area contributed by atoms with Crippen LogP contribution >= 0.6 is 0 Å². The third kappa shape index (κ3) is 3.03. The van der Waals surface area contributed by atoms with Crippen LogP contribution in [-0.2, 0) is 0 Å². The van der Waals surface area contributed by atoms with E-state index >= 15 is 0 Å². The van der Waals surface area contributed by atoms with Crippen molar-refractivity contribution in [1.82, 2.24) is 5.32 Å². The first kappa shape index (κ1) is 13.8. The smallest absolute Gasteiger partial charge is 0.410 e. The molecule has 2 aromatic carbocycles. The number of hydrogen-bond donors (Lipinski definition) is 1. The summed E-state index contributed by atoms with van der Waals surface area (Å²) in [6.07, 6.45) is -0.601. The molecule has 0 aliphatic heterocycles. The lowest BCUT2D eigenvalue weighted by molar-refractivity contribution is 0.103. The van der Waals surface area contributed by atoms with E-state index in [9.17, 15) is 9.59 Å². The Labute approximate surface area is 117 Å². The molecule has 0 bridgehead atoms. The van der Waals surface area contributed by atoms with E-state index in [0.717, 1.165) is 5.56 Å². The van der Waals surface area contributed by atoms with Crippen LogP contribution in [0, 0.1) is 6.92 Å². The predicted molar refractivity (Wildman–Crippen MR) is 76.1 cm³/mol. The number of rotatable bonds is 3. The molecule has 2 aromatic rings. The summed E-state index contributed by atoms with van der Waals surface area (Å²) in [5.74, 6) is 0.0806. The van der Waals surface area contributed by atoms with Crippen molar-refractivity contribution in [1.29, 1.82) is 0 Å². The third-order valence-electron chi connectivity index (χ3n) is 2.82. The Hall–Kier alpha value is -2.62. The average Bonchev–Trinajstić information content (AvgIpc) is 2.49. The molecule has 1 amide bonds. The van der Waals surface area contributed by atoms with Gasteiger partial charge in [0.15, 0.2) is 5.78 Å². The van der Waals surface area contributed by atoms with Crippen molar-refractivity contribution in [2.24, 2.45) is 0 Å². The summed E-state index contributed by atoms with van der Waals surface area (Å²) in [5.41, 5.74) is 1.85. The topological polar surface area (TPSA) is 55.4 Å². The highest BCUT2D eigenvalue weighted by atomic mass is 16.6. The van der Waals surface area contributed by atoms with Gasteiger partial charge in [-0.2, -0.15) is 0 Å². The molecule has 0 radical (unpaired) electrons. The van der Waals surface area contributed by atoms with E-state index in [1.807, 2.05) is 13.0 Å². The van der Waals surface area contributed by atoms with Gasteiger partial charge in [0.05, 0.1) is 5.56 Å². The number of hydrogen-bond acceptors (Lipinski definition) is 3. The second-order valence-electron chi connectivity index (χ2n) is 4.33. The molecule has 2 rings (SSSR count). The van der Waals surface area contributed by atoms with Gasteiger partial charge in [0.25, 0.3) is 0 Å². The van der Waals surface area contributed by atoms with E-state index in [1.165, 1.54) is 7.05 Å². The van der Waals surface area contributed by atoms with E-state index < -0.39 is 6.09 Å². The lowest BCUT2D eigenvalue weighted by Gasteiger charge is -2.10. The molecule has 0 spiro atoms. The first-order chi connectivity index (χ1) is 9.61. The van der Waals surface area contributed by atoms with E-state index in [0.29, 0.717) is 11.1 Å². The second-order valence-corrected chi connectivity index (χ2v) is 4.33. The lowest BCUT2D eigenvalue weighted by atomic mass is 10.0. The zero-order chi connectivity index (χ0) is 14.5. The number of carbonyl (C=O) groups is 2. The fourth-order valence-corrected chi connectivity index (χ4v) is 1.81. The highest BCUT2D eigenvalue weighted by molar-refractivity contribution is 6.11. The van der Waals surface area contributed by atoms with E-state index in [-0.39, 0.29) is 11.5 Å². The SMILES string of the molecule is CNC(=O)Oc1ccc(C)cc1C(=O)c1ccccc1.